The lowest BCUT2D eigenvalue weighted by molar-refractivity contribution is 0.549. The summed E-state index contributed by atoms with van der Waals surface area (Å²) in [5.74, 6) is 0. The van der Waals surface area contributed by atoms with Crippen LogP contribution in [0.15, 0.2) is 16.8 Å². The topological polar surface area (TPSA) is 49.3 Å². The van der Waals surface area contributed by atoms with Crippen LogP contribution in [-0.4, -0.2) is 8.76 Å². The number of hydrogen-bond donors (Lipinski definition) is 2. The summed E-state index contributed by atoms with van der Waals surface area (Å²) < 4.78 is 20.8. The third kappa shape index (κ3) is 2.57. The van der Waals surface area contributed by atoms with E-state index in [4.69, 9.17) is 4.55 Å². The molecule has 1 heterocycles. The van der Waals surface area contributed by atoms with E-state index in [9.17, 15) is 4.21 Å². The van der Waals surface area contributed by atoms with Gasteiger partial charge in [0, 0.05) is 6.54 Å². The lowest BCUT2D eigenvalue weighted by Crippen LogP contribution is -2.14. The zero-order chi connectivity index (χ0) is 7.40. The Morgan fingerprint density at radius 2 is 2.60 bits per heavy atom. The fraction of sp³-hybridized carbons (Fsp3) is 0.200. The summed E-state index contributed by atoms with van der Waals surface area (Å²) >= 11 is -0.325. The Hall–Kier alpha value is -0.230. The zero-order valence-corrected chi connectivity index (χ0v) is 6.74. The van der Waals surface area contributed by atoms with Crippen molar-refractivity contribution in [3.05, 3.63) is 22.4 Å². The van der Waals surface area contributed by atoms with Gasteiger partial charge in [0.15, 0.2) is 0 Å². The maximum Gasteiger partial charge on any atom is 0.232 e. The molecule has 56 valence electrons. The number of rotatable bonds is 3. The summed E-state index contributed by atoms with van der Waals surface area (Å²) in [5, 5.41) is 3.86. The molecule has 2 N–H and O–H groups in total. The van der Waals surface area contributed by atoms with Gasteiger partial charge < -0.3 is 0 Å². The van der Waals surface area contributed by atoms with Crippen LogP contribution >= 0.6 is 11.3 Å². The molecule has 0 aromatic carbocycles. The summed E-state index contributed by atoms with van der Waals surface area (Å²) in [4.78, 5) is 0. The van der Waals surface area contributed by atoms with E-state index >= 15 is 0 Å². The highest BCUT2D eigenvalue weighted by atomic mass is 32.2. The lowest BCUT2D eigenvalue weighted by atomic mass is 10.4. The highest BCUT2D eigenvalue weighted by Gasteiger charge is 1.93. The Balaban J connectivity index is 2.35. The third-order valence-electron chi connectivity index (χ3n) is 0.980. The zero-order valence-electron chi connectivity index (χ0n) is 5.11. The SMILES string of the molecule is O=S(O)NCc1ccsc1. The number of hydrogen-bond acceptors (Lipinski definition) is 2. The van der Waals surface area contributed by atoms with Crippen LogP contribution in [0.5, 0.6) is 0 Å². The molecule has 0 amide bonds. The maximum atomic E-state index is 10.1. The van der Waals surface area contributed by atoms with Crippen LogP contribution in [0.1, 0.15) is 5.56 Å². The van der Waals surface area contributed by atoms with Crippen molar-refractivity contribution in [3.63, 3.8) is 0 Å². The standard InChI is InChI=1S/C5H7NO2S2/c7-10(8)6-3-5-1-2-9-4-5/h1-2,4,6H,3H2,(H,7,8). The summed E-state index contributed by atoms with van der Waals surface area (Å²) in [5.41, 5.74) is 1.03. The maximum absolute atomic E-state index is 10.1. The molecule has 1 aromatic rings. The summed E-state index contributed by atoms with van der Waals surface area (Å²) in [6, 6.07) is 1.91. The average molecular weight is 177 g/mol. The van der Waals surface area contributed by atoms with E-state index in [0.29, 0.717) is 6.54 Å². The highest BCUT2D eigenvalue weighted by molar-refractivity contribution is 7.77. The molecule has 0 aliphatic rings. The average Bonchev–Trinajstić information content (AvgIpc) is 2.34. The van der Waals surface area contributed by atoms with Crippen LogP contribution < -0.4 is 4.72 Å². The minimum absolute atomic E-state index is 0.451. The first-order valence-corrected chi connectivity index (χ1v) is 4.69. The smallest absolute Gasteiger partial charge is 0.232 e. The van der Waals surface area contributed by atoms with E-state index in [1.807, 2.05) is 16.8 Å². The van der Waals surface area contributed by atoms with Crippen LogP contribution in [-0.2, 0) is 17.8 Å². The molecule has 0 aliphatic heterocycles. The van der Waals surface area contributed by atoms with E-state index in [2.05, 4.69) is 4.72 Å². The van der Waals surface area contributed by atoms with Crippen LogP contribution in [0.4, 0.5) is 0 Å². The van der Waals surface area contributed by atoms with Crippen molar-refractivity contribution >= 4 is 22.6 Å². The molecule has 0 radical (unpaired) electrons. The van der Waals surface area contributed by atoms with Crippen LogP contribution in [0.2, 0.25) is 0 Å². The first kappa shape index (κ1) is 7.87. The van der Waals surface area contributed by atoms with Gasteiger partial charge in [0.1, 0.15) is 0 Å². The molecule has 1 unspecified atom stereocenters. The van der Waals surface area contributed by atoms with Gasteiger partial charge in [-0.05, 0) is 22.4 Å². The minimum Gasteiger partial charge on any atom is -0.294 e. The molecule has 1 aromatic heterocycles. The van der Waals surface area contributed by atoms with Crippen molar-refractivity contribution in [1.29, 1.82) is 0 Å². The molecule has 0 aliphatic carbocycles. The van der Waals surface area contributed by atoms with Gasteiger partial charge in [-0.1, -0.05) is 0 Å². The summed E-state index contributed by atoms with van der Waals surface area (Å²) in [6.45, 7) is 0.451. The van der Waals surface area contributed by atoms with Crippen molar-refractivity contribution in [3.8, 4) is 0 Å². The Morgan fingerprint density at radius 1 is 1.80 bits per heavy atom. The van der Waals surface area contributed by atoms with Crippen molar-refractivity contribution < 1.29 is 8.76 Å². The van der Waals surface area contributed by atoms with Gasteiger partial charge in [-0.2, -0.15) is 11.3 Å². The number of thiophene rings is 1. The first-order valence-electron chi connectivity index (χ1n) is 2.64. The Morgan fingerprint density at radius 3 is 3.10 bits per heavy atom. The molecule has 10 heavy (non-hydrogen) atoms. The Bertz CT molecular complexity index is 209. The monoisotopic (exact) mass is 177 g/mol. The first-order chi connectivity index (χ1) is 4.79. The van der Waals surface area contributed by atoms with Crippen molar-refractivity contribution in [2.24, 2.45) is 0 Å². The number of nitrogens with one attached hydrogen (secondary N) is 1. The Kier molecular flexibility index (Phi) is 3.01. The van der Waals surface area contributed by atoms with Gasteiger partial charge >= 0.3 is 0 Å². The second-order valence-corrected chi connectivity index (χ2v) is 3.27. The van der Waals surface area contributed by atoms with E-state index in [1.165, 1.54) is 0 Å². The molecule has 0 saturated heterocycles. The largest absolute Gasteiger partial charge is 0.294 e. The molecule has 0 spiro atoms. The van der Waals surface area contributed by atoms with E-state index in [0.717, 1.165) is 5.56 Å². The van der Waals surface area contributed by atoms with E-state index in [-0.39, 0.29) is 0 Å². The fourth-order valence-corrected chi connectivity index (χ4v) is 1.50. The quantitative estimate of drug-likeness (QED) is 0.676. The normalized spacial score (nSPS) is 13.3. The summed E-state index contributed by atoms with van der Waals surface area (Å²) in [6.07, 6.45) is 0. The lowest BCUT2D eigenvalue weighted by Gasteiger charge is -1.93. The summed E-state index contributed by atoms with van der Waals surface area (Å²) in [7, 11) is 0. The van der Waals surface area contributed by atoms with Crippen molar-refractivity contribution in [2.45, 2.75) is 6.54 Å². The molecule has 1 rings (SSSR count). The van der Waals surface area contributed by atoms with Gasteiger partial charge in [0.05, 0.1) is 0 Å². The van der Waals surface area contributed by atoms with Crippen molar-refractivity contribution in [1.82, 2.24) is 4.72 Å². The Labute approximate surface area is 65.5 Å². The van der Waals surface area contributed by atoms with E-state index < -0.39 is 11.3 Å². The van der Waals surface area contributed by atoms with Gasteiger partial charge in [0.25, 0.3) is 0 Å². The van der Waals surface area contributed by atoms with Crippen LogP contribution in [0.3, 0.4) is 0 Å². The molecule has 5 heteroatoms. The predicted octanol–water partition coefficient (Wildman–Crippen LogP) is 0.974. The van der Waals surface area contributed by atoms with Gasteiger partial charge in [-0.15, -0.1) is 0 Å². The van der Waals surface area contributed by atoms with Crippen LogP contribution in [0, 0.1) is 0 Å². The minimum atomic E-state index is -1.90. The second-order valence-electron chi connectivity index (χ2n) is 1.70. The second kappa shape index (κ2) is 3.82. The fourth-order valence-electron chi connectivity index (χ4n) is 0.538. The third-order valence-corrected chi connectivity index (χ3v) is 2.10. The van der Waals surface area contributed by atoms with Crippen LogP contribution in [0.25, 0.3) is 0 Å². The van der Waals surface area contributed by atoms with Gasteiger partial charge in [-0.25, -0.2) is 8.93 Å². The molecular formula is C5H7NO2S2. The highest BCUT2D eigenvalue weighted by Crippen LogP contribution is 2.04. The molecule has 1 atom stereocenters. The van der Waals surface area contributed by atoms with Crippen molar-refractivity contribution in [2.75, 3.05) is 0 Å². The van der Waals surface area contributed by atoms with Gasteiger partial charge in [-0.3, -0.25) is 4.55 Å². The molecule has 0 fully saturated rings. The predicted molar refractivity (Wildman–Crippen MR) is 41.9 cm³/mol. The van der Waals surface area contributed by atoms with E-state index in [1.54, 1.807) is 11.3 Å². The van der Waals surface area contributed by atoms with Gasteiger partial charge in [0.2, 0.25) is 11.3 Å². The molecule has 3 nitrogen and oxygen atoms in total. The molecule has 0 bridgehead atoms. The molecule has 0 saturated carbocycles. The molecular weight excluding hydrogens is 170 g/mol.